The van der Waals surface area contributed by atoms with Crippen LogP contribution in [0.15, 0.2) is 83.9 Å². The van der Waals surface area contributed by atoms with Crippen molar-refractivity contribution in [1.82, 2.24) is 4.98 Å². The van der Waals surface area contributed by atoms with E-state index in [9.17, 15) is 9.90 Å². The number of pyridine rings is 1. The van der Waals surface area contributed by atoms with Gasteiger partial charge in [-0.2, -0.15) is 0 Å². The second-order valence-corrected chi connectivity index (χ2v) is 9.83. The molecule has 0 aliphatic heterocycles. The lowest BCUT2D eigenvalue weighted by Crippen LogP contribution is -2.19. The predicted molar refractivity (Wildman–Crippen MR) is 142 cm³/mol. The van der Waals surface area contributed by atoms with Crippen molar-refractivity contribution in [2.24, 2.45) is 0 Å². The van der Waals surface area contributed by atoms with Crippen LogP contribution in [0.25, 0.3) is 10.9 Å². The minimum atomic E-state index is -0.831. The molecule has 0 saturated heterocycles. The standard InChI is InChI=1S/C29H29NO5S/c1-19(2)35-28-21(17-30-26-14-13-23(33-3)16-25(26)28)18-34-22-11-9-20(10-12-22)15-27(29(31)32)36-24-7-5-4-6-8-24/h4-14,16-17,19,27H,15,18H2,1-3H3,(H,31,32). The number of carboxylic acids is 1. The minimum Gasteiger partial charge on any atom is -0.497 e. The van der Waals surface area contributed by atoms with Gasteiger partial charge in [-0.1, -0.05) is 30.3 Å². The van der Waals surface area contributed by atoms with E-state index < -0.39 is 11.2 Å². The van der Waals surface area contributed by atoms with Crippen LogP contribution in [0, 0.1) is 0 Å². The van der Waals surface area contributed by atoms with E-state index in [1.165, 1.54) is 11.8 Å². The fourth-order valence-corrected chi connectivity index (χ4v) is 4.75. The number of nitrogens with zero attached hydrogens (tertiary/aromatic N) is 1. The Morgan fingerprint density at radius 2 is 1.72 bits per heavy atom. The van der Waals surface area contributed by atoms with Gasteiger partial charge >= 0.3 is 5.97 Å². The van der Waals surface area contributed by atoms with Gasteiger partial charge < -0.3 is 19.3 Å². The molecule has 0 bridgehead atoms. The molecule has 186 valence electrons. The van der Waals surface area contributed by atoms with Gasteiger partial charge in [0.25, 0.3) is 0 Å². The first kappa shape index (κ1) is 25.4. The number of fused-ring (bicyclic) bond motifs is 1. The Labute approximate surface area is 215 Å². The number of benzene rings is 3. The average molecular weight is 504 g/mol. The Hall–Kier alpha value is -3.71. The molecular weight excluding hydrogens is 474 g/mol. The zero-order valence-electron chi connectivity index (χ0n) is 20.5. The highest BCUT2D eigenvalue weighted by molar-refractivity contribution is 8.00. The van der Waals surface area contributed by atoms with Crippen LogP contribution in [-0.4, -0.2) is 34.5 Å². The molecule has 1 unspecified atom stereocenters. The van der Waals surface area contributed by atoms with Crippen molar-refractivity contribution in [2.75, 3.05) is 7.11 Å². The summed E-state index contributed by atoms with van der Waals surface area (Å²) in [5.41, 5.74) is 2.58. The lowest BCUT2D eigenvalue weighted by molar-refractivity contribution is -0.136. The number of thioether (sulfide) groups is 1. The number of aromatic nitrogens is 1. The van der Waals surface area contributed by atoms with Gasteiger partial charge in [-0.3, -0.25) is 9.78 Å². The van der Waals surface area contributed by atoms with Gasteiger partial charge in [0.1, 0.15) is 29.1 Å². The van der Waals surface area contributed by atoms with Crippen molar-refractivity contribution in [3.8, 4) is 17.2 Å². The molecule has 0 amide bonds. The third-order valence-corrected chi connectivity index (χ3v) is 6.69. The van der Waals surface area contributed by atoms with Crippen LogP contribution in [0.3, 0.4) is 0 Å². The minimum absolute atomic E-state index is 0.0178. The third kappa shape index (κ3) is 6.49. The number of methoxy groups -OCH3 is 1. The Balaban J connectivity index is 1.47. The Kier molecular flexibility index (Phi) is 8.33. The van der Waals surface area contributed by atoms with Gasteiger partial charge in [-0.15, -0.1) is 11.8 Å². The average Bonchev–Trinajstić information content (AvgIpc) is 2.88. The molecular formula is C29H29NO5S. The van der Waals surface area contributed by atoms with Crippen LogP contribution >= 0.6 is 11.8 Å². The summed E-state index contributed by atoms with van der Waals surface area (Å²) in [5, 5.41) is 9.98. The molecule has 6 nitrogen and oxygen atoms in total. The lowest BCUT2D eigenvalue weighted by Gasteiger charge is -2.17. The van der Waals surface area contributed by atoms with Crippen LogP contribution in [0.1, 0.15) is 25.0 Å². The molecule has 0 radical (unpaired) electrons. The topological polar surface area (TPSA) is 77.9 Å². The predicted octanol–water partition coefficient (Wildman–Crippen LogP) is 6.40. The summed E-state index contributed by atoms with van der Waals surface area (Å²) < 4.78 is 17.6. The molecule has 7 heteroatoms. The van der Waals surface area contributed by atoms with E-state index in [0.717, 1.165) is 38.4 Å². The molecule has 4 rings (SSSR count). The number of carbonyl (C=O) groups is 1. The van der Waals surface area contributed by atoms with E-state index in [1.807, 2.05) is 86.6 Å². The number of hydrogen-bond acceptors (Lipinski definition) is 6. The van der Waals surface area contributed by atoms with Gasteiger partial charge in [-0.05, 0) is 68.3 Å². The van der Waals surface area contributed by atoms with Crippen molar-refractivity contribution in [2.45, 2.75) is 43.1 Å². The highest BCUT2D eigenvalue weighted by Gasteiger charge is 2.20. The number of hydrogen-bond donors (Lipinski definition) is 1. The molecule has 0 aliphatic rings. The zero-order chi connectivity index (χ0) is 25.5. The van der Waals surface area contributed by atoms with E-state index in [4.69, 9.17) is 14.2 Å². The molecule has 36 heavy (non-hydrogen) atoms. The first-order valence-corrected chi connectivity index (χ1v) is 12.6. The number of aliphatic carboxylic acids is 1. The van der Waals surface area contributed by atoms with E-state index in [1.54, 1.807) is 13.3 Å². The molecule has 3 aromatic carbocycles. The lowest BCUT2D eigenvalue weighted by atomic mass is 10.1. The van der Waals surface area contributed by atoms with Crippen molar-refractivity contribution in [3.05, 3.63) is 90.1 Å². The fraction of sp³-hybridized carbons (Fsp3) is 0.241. The van der Waals surface area contributed by atoms with Crippen molar-refractivity contribution >= 4 is 28.6 Å². The summed E-state index contributed by atoms with van der Waals surface area (Å²) in [5.74, 6) is 1.31. The van der Waals surface area contributed by atoms with Crippen LogP contribution in [0.5, 0.6) is 17.2 Å². The first-order chi connectivity index (χ1) is 17.4. The summed E-state index contributed by atoms with van der Waals surface area (Å²) in [6, 6.07) is 22.8. The molecule has 0 fully saturated rings. The van der Waals surface area contributed by atoms with E-state index in [-0.39, 0.29) is 12.7 Å². The third-order valence-electron chi connectivity index (χ3n) is 5.49. The van der Waals surface area contributed by atoms with Gasteiger partial charge in [-0.25, -0.2) is 0 Å². The van der Waals surface area contributed by atoms with E-state index >= 15 is 0 Å². The smallest absolute Gasteiger partial charge is 0.317 e. The molecule has 1 aromatic heterocycles. The normalized spacial score (nSPS) is 11.9. The van der Waals surface area contributed by atoms with Crippen LogP contribution in [0.2, 0.25) is 0 Å². The SMILES string of the molecule is COc1ccc2ncc(COc3ccc(CC(Sc4ccccc4)C(=O)O)cc3)c(OC(C)C)c2c1. The quantitative estimate of drug-likeness (QED) is 0.237. The fourth-order valence-electron chi connectivity index (χ4n) is 3.73. The molecule has 0 spiro atoms. The summed E-state index contributed by atoms with van der Waals surface area (Å²) >= 11 is 1.35. The number of carboxylic acid groups (broad SMARTS) is 1. The summed E-state index contributed by atoms with van der Waals surface area (Å²) in [6.07, 6.45) is 2.17. The van der Waals surface area contributed by atoms with E-state index in [0.29, 0.717) is 12.2 Å². The second-order valence-electron chi connectivity index (χ2n) is 8.56. The van der Waals surface area contributed by atoms with Crippen molar-refractivity contribution < 1.29 is 24.1 Å². The second kappa shape index (κ2) is 11.8. The molecule has 4 aromatic rings. The molecule has 1 N–H and O–H groups in total. The Morgan fingerprint density at radius 3 is 2.39 bits per heavy atom. The van der Waals surface area contributed by atoms with Crippen LogP contribution in [-0.2, 0) is 17.8 Å². The highest BCUT2D eigenvalue weighted by atomic mass is 32.2. The van der Waals surface area contributed by atoms with Crippen LogP contribution in [0.4, 0.5) is 0 Å². The van der Waals surface area contributed by atoms with Gasteiger partial charge in [0, 0.05) is 16.5 Å². The van der Waals surface area contributed by atoms with E-state index in [2.05, 4.69) is 4.98 Å². The molecule has 1 heterocycles. The van der Waals surface area contributed by atoms with Crippen LogP contribution < -0.4 is 14.2 Å². The highest BCUT2D eigenvalue weighted by Crippen LogP contribution is 2.33. The summed E-state index contributed by atoms with van der Waals surface area (Å²) in [6.45, 7) is 4.25. The van der Waals surface area contributed by atoms with Gasteiger partial charge in [0.2, 0.25) is 0 Å². The number of ether oxygens (including phenoxy) is 3. The maximum absolute atomic E-state index is 11.8. The first-order valence-electron chi connectivity index (χ1n) is 11.7. The Morgan fingerprint density at radius 1 is 1.00 bits per heavy atom. The van der Waals surface area contributed by atoms with Crippen molar-refractivity contribution in [1.29, 1.82) is 0 Å². The van der Waals surface area contributed by atoms with Gasteiger partial charge in [0.05, 0.1) is 24.3 Å². The molecule has 1 atom stereocenters. The summed E-state index contributed by atoms with van der Waals surface area (Å²) in [4.78, 5) is 17.3. The van der Waals surface area contributed by atoms with Gasteiger partial charge in [0.15, 0.2) is 0 Å². The maximum atomic E-state index is 11.8. The van der Waals surface area contributed by atoms with Crippen molar-refractivity contribution in [3.63, 3.8) is 0 Å². The largest absolute Gasteiger partial charge is 0.497 e. The maximum Gasteiger partial charge on any atom is 0.317 e. The zero-order valence-corrected chi connectivity index (χ0v) is 21.3. The summed E-state index contributed by atoms with van der Waals surface area (Å²) in [7, 11) is 1.63. The Bertz CT molecular complexity index is 1310. The number of rotatable bonds is 11. The monoisotopic (exact) mass is 503 g/mol. The molecule has 0 saturated carbocycles. The molecule has 0 aliphatic carbocycles.